The molecule has 1 aromatic heterocycles. The smallest absolute Gasteiger partial charge is 0.152 e. The summed E-state index contributed by atoms with van der Waals surface area (Å²) in [6.07, 6.45) is 2.01. The molecule has 19 heavy (non-hydrogen) atoms. The van der Waals surface area contributed by atoms with Crippen LogP contribution in [0.3, 0.4) is 0 Å². The third-order valence-electron chi connectivity index (χ3n) is 3.59. The van der Waals surface area contributed by atoms with Gasteiger partial charge in [-0.15, -0.1) is 0 Å². The van der Waals surface area contributed by atoms with Crippen molar-refractivity contribution in [3.63, 3.8) is 0 Å². The van der Waals surface area contributed by atoms with Crippen molar-refractivity contribution in [2.45, 2.75) is 38.6 Å². The van der Waals surface area contributed by atoms with Gasteiger partial charge >= 0.3 is 0 Å². The second kappa shape index (κ2) is 4.53. The first-order valence-corrected chi connectivity index (χ1v) is 8.13. The summed E-state index contributed by atoms with van der Waals surface area (Å²) < 4.78 is 24.9. The third kappa shape index (κ3) is 2.32. The fourth-order valence-corrected chi connectivity index (χ4v) is 4.69. The highest BCUT2D eigenvalue weighted by molar-refractivity contribution is 7.91. The monoisotopic (exact) mass is 282 g/mol. The molecule has 1 saturated heterocycles. The van der Waals surface area contributed by atoms with E-state index in [0.29, 0.717) is 24.1 Å². The number of hydrogen-bond acceptors (Lipinski definition) is 5. The molecular weight excluding hydrogens is 264 g/mol. The molecule has 1 unspecified atom stereocenters. The predicted molar refractivity (Wildman–Crippen MR) is 72.3 cm³/mol. The van der Waals surface area contributed by atoms with Crippen LogP contribution in [-0.4, -0.2) is 29.7 Å². The van der Waals surface area contributed by atoms with Crippen LogP contribution in [0.15, 0.2) is 0 Å². The highest BCUT2D eigenvalue weighted by Crippen LogP contribution is 2.34. The van der Waals surface area contributed by atoms with Crippen LogP contribution in [0.2, 0.25) is 0 Å². The van der Waals surface area contributed by atoms with Crippen LogP contribution in [0.1, 0.15) is 37.9 Å². The fraction of sp³-hybridized carbons (Fsp3) is 0.667. The zero-order valence-corrected chi connectivity index (χ0v) is 12.0. The molecule has 6 nitrogen and oxygen atoms in total. The maximum Gasteiger partial charge on any atom is 0.152 e. The van der Waals surface area contributed by atoms with Crippen molar-refractivity contribution in [3.05, 3.63) is 11.3 Å². The SMILES string of the molecule is CCCc1nn(C2(C)CCS(=O)(=O)C2)c(N)c1C#N. The van der Waals surface area contributed by atoms with E-state index in [0.717, 1.165) is 6.42 Å². The van der Waals surface area contributed by atoms with E-state index >= 15 is 0 Å². The molecule has 0 aliphatic carbocycles. The van der Waals surface area contributed by atoms with E-state index in [9.17, 15) is 8.42 Å². The summed E-state index contributed by atoms with van der Waals surface area (Å²) in [5.41, 5.74) is 6.39. The second-order valence-corrected chi connectivity index (χ2v) is 7.50. The van der Waals surface area contributed by atoms with Gasteiger partial charge in [0.1, 0.15) is 17.5 Å². The summed E-state index contributed by atoms with van der Waals surface area (Å²) in [5, 5.41) is 13.6. The summed E-state index contributed by atoms with van der Waals surface area (Å²) in [6, 6.07) is 2.07. The van der Waals surface area contributed by atoms with Gasteiger partial charge in [-0.1, -0.05) is 13.3 Å². The number of nitrogens with two attached hydrogens (primary N) is 1. The van der Waals surface area contributed by atoms with Crippen LogP contribution in [0, 0.1) is 11.3 Å². The highest BCUT2D eigenvalue weighted by atomic mass is 32.2. The highest BCUT2D eigenvalue weighted by Gasteiger charge is 2.42. The Morgan fingerprint density at radius 1 is 1.58 bits per heavy atom. The average molecular weight is 282 g/mol. The summed E-state index contributed by atoms with van der Waals surface area (Å²) in [7, 11) is -3.04. The molecular formula is C12H18N4O2S. The van der Waals surface area contributed by atoms with Crippen LogP contribution >= 0.6 is 0 Å². The topological polar surface area (TPSA) is 102 Å². The molecule has 104 valence electrons. The van der Waals surface area contributed by atoms with Gasteiger partial charge in [0.2, 0.25) is 0 Å². The minimum atomic E-state index is -3.04. The Balaban J connectivity index is 2.50. The summed E-state index contributed by atoms with van der Waals surface area (Å²) in [6.45, 7) is 3.83. The van der Waals surface area contributed by atoms with Crippen LogP contribution in [0.5, 0.6) is 0 Å². The zero-order valence-electron chi connectivity index (χ0n) is 11.2. The lowest BCUT2D eigenvalue weighted by molar-refractivity contribution is 0.332. The quantitative estimate of drug-likeness (QED) is 0.884. The Hall–Kier alpha value is -1.55. The first kappa shape index (κ1) is 13.9. The molecule has 0 amide bonds. The maximum atomic E-state index is 11.7. The summed E-state index contributed by atoms with van der Waals surface area (Å²) in [5.74, 6) is 0.460. The zero-order chi connectivity index (χ0) is 14.3. The van der Waals surface area contributed by atoms with Crippen molar-refractivity contribution in [2.75, 3.05) is 17.2 Å². The number of aryl methyl sites for hydroxylation is 1. The molecule has 7 heteroatoms. The Labute approximate surface area is 113 Å². The van der Waals surface area contributed by atoms with E-state index in [2.05, 4.69) is 11.2 Å². The fourth-order valence-electron chi connectivity index (χ4n) is 2.58. The Morgan fingerprint density at radius 3 is 2.74 bits per heavy atom. The number of aromatic nitrogens is 2. The third-order valence-corrected chi connectivity index (χ3v) is 5.47. The molecule has 2 N–H and O–H groups in total. The lowest BCUT2D eigenvalue weighted by Crippen LogP contribution is -2.33. The molecule has 0 saturated carbocycles. The number of rotatable bonds is 3. The number of nitrogen functional groups attached to an aromatic ring is 1. The van der Waals surface area contributed by atoms with Crippen molar-refractivity contribution in [1.82, 2.24) is 9.78 Å². The lowest BCUT2D eigenvalue weighted by Gasteiger charge is -2.24. The molecule has 0 aromatic carbocycles. The minimum absolute atomic E-state index is 0.0301. The van der Waals surface area contributed by atoms with E-state index in [4.69, 9.17) is 11.0 Å². The van der Waals surface area contributed by atoms with Gasteiger partial charge in [-0.25, -0.2) is 13.1 Å². The van der Waals surface area contributed by atoms with Gasteiger partial charge < -0.3 is 5.73 Å². The van der Waals surface area contributed by atoms with Crippen molar-refractivity contribution < 1.29 is 8.42 Å². The molecule has 1 fully saturated rings. The van der Waals surface area contributed by atoms with Crippen LogP contribution in [0.4, 0.5) is 5.82 Å². The van der Waals surface area contributed by atoms with Gasteiger partial charge in [0.05, 0.1) is 22.7 Å². The van der Waals surface area contributed by atoms with Gasteiger partial charge in [-0.3, -0.25) is 0 Å². The van der Waals surface area contributed by atoms with Crippen molar-refractivity contribution in [2.24, 2.45) is 0 Å². The van der Waals surface area contributed by atoms with Gasteiger partial charge in [-0.05, 0) is 19.8 Å². The molecule has 1 aromatic rings. The molecule has 0 spiro atoms. The molecule has 1 atom stereocenters. The molecule has 1 aliphatic heterocycles. The van der Waals surface area contributed by atoms with Crippen molar-refractivity contribution >= 4 is 15.7 Å². The van der Waals surface area contributed by atoms with Crippen LogP contribution in [-0.2, 0) is 21.8 Å². The Kier molecular flexibility index (Phi) is 3.31. The number of hydrogen-bond donors (Lipinski definition) is 1. The van der Waals surface area contributed by atoms with Crippen LogP contribution in [0.25, 0.3) is 0 Å². The number of nitriles is 1. The van der Waals surface area contributed by atoms with Crippen molar-refractivity contribution in [1.29, 1.82) is 5.26 Å². The predicted octanol–water partition coefficient (Wildman–Crippen LogP) is 0.823. The first-order valence-electron chi connectivity index (χ1n) is 6.31. The van der Waals surface area contributed by atoms with Gasteiger partial charge in [0.15, 0.2) is 9.84 Å². The molecule has 2 heterocycles. The van der Waals surface area contributed by atoms with E-state index < -0.39 is 15.4 Å². The molecule has 0 bridgehead atoms. The van der Waals surface area contributed by atoms with E-state index in [-0.39, 0.29) is 17.3 Å². The molecule has 2 rings (SSSR count). The number of anilines is 1. The maximum absolute atomic E-state index is 11.7. The first-order chi connectivity index (χ1) is 8.83. The minimum Gasteiger partial charge on any atom is -0.383 e. The van der Waals surface area contributed by atoms with Gasteiger partial charge in [-0.2, -0.15) is 10.4 Å². The standard InChI is InChI=1S/C12H18N4O2S/c1-3-4-10-9(7-13)11(14)16(15-10)12(2)5-6-19(17,18)8-12/h3-6,8,14H2,1-2H3. The van der Waals surface area contributed by atoms with E-state index in [1.165, 1.54) is 0 Å². The Bertz CT molecular complexity index is 641. The average Bonchev–Trinajstić information content (AvgIpc) is 2.78. The van der Waals surface area contributed by atoms with Crippen LogP contribution < -0.4 is 5.73 Å². The van der Waals surface area contributed by atoms with Crippen molar-refractivity contribution in [3.8, 4) is 6.07 Å². The number of sulfone groups is 1. The Morgan fingerprint density at radius 2 is 2.26 bits per heavy atom. The van der Waals surface area contributed by atoms with E-state index in [1.807, 2.05) is 13.8 Å². The molecule has 0 radical (unpaired) electrons. The summed E-state index contributed by atoms with van der Waals surface area (Å²) >= 11 is 0. The molecule has 1 aliphatic rings. The number of nitrogens with zero attached hydrogens (tertiary/aromatic N) is 3. The lowest BCUT2D eigenvalue weighted by atomic mass is 10.0. The van der Waals surface area contributed by atoms with Gasteiger partial charge in [0, 0.05) is 0 Å². The second-order valence-electron chi connectivity index (χ2n) is 5.32. The largest absolute Gasteiger partial charge is 0.383 e. The van der Waals surface area contributed by atoms with E-state index in [1.54, 1.807) is 4.68 Å². The van der Waals surface area contributed by atoms with Gasteiger partial charge in [0.25, 0.3) is 0 Å². The normalized spacial score (nSPS) is 25.3. The summed E-state index contributed by atoms with van der Waals surface area (Å²) in [4.78, 5) is 0.